The van der Waals surface area contributed by atoms with E-state index < -0.39 is 17.8 Å². The zero-order valence-electron chi connectivity index (χ0n) is 16.3. The topological polar surface area (TPSA) is 88.1 Å². The molecule has 0 bridgehead atoms. The Kier molecular flexibility index (Phi) is 7.47. The fourth-order valence-corrected chi connectivity index (χ4v) is 3.10. The quantitative estimate of drug-likeness (QED) is 0.823. The van der Waals surface area contributed by atoms with Gasteiger partial charge < -0.3 is 24.8 Å². The Morgan fingerprint density at radius 2 is 1.85 bits per heavy atom. The summed E-state index contributed by atoms with van der Waals surface area (Å²) in [6.07, 6.45) is -0.152. The first kappa shape index (κ1) is 21.0. The van der Waals surface area contributed by atoms with Crippen LogP contribution in [0.25, 0.3) is 0 Å². The molecule has 0 unspecified atom stereocenters. The van der Waals surface area contributed by atoms with Gasteiger partial charge in [-0.1, -0.05) is 30.3 Å². The van der Waals surface area contributed by atoms with Crippen molar-refractivity contribution in [1.82, 2.24) is 10.2 Å². The van der Waals surface area contributed by atoms with Gasteiger partial charge in [0.15, 0.2) is 0 Å². The van der Waals surface area contributed by atoms with Crippen LogP contribution in [0.4, 0.5) is 9.59 Å². The number of nitrogens with one attached hydrogen (secondary N) is 1. The lowest BCUT2D eigenvalue weighted by atomic mass is 9.90. The van der Waals surface area contributed by atoms with Gasteiger partial charge in [-0.15, -0.1) is 0 Å². The predicted molar refractivity (Wildman–Crippen MR) is 101 cm³/mol. The van der Waals surface area contributed by atoms with Crippen LogP contribution < -0.4 is 5.32 Å². The van der Waals surface area contributed by atoms with Crippen molar-refractivity contribution in [2.24, 2.45) is 11.8 Å². The first-order chi connectivity index (χ1) is 12.8. The van der Waals surface area contributed by atoms with Crippen molar-refractivity contribution in [3.05, 3.63) is 35.9 Å². The number of aliphatic hydroxyl groups excluding tert-OH is 1. The summed E-state index contributed by atoms with van der Waals surface area (Å²) in [7, 11) is 0. The largest absolute Gasteiger partial charge is 0.445 e. The SMILES string of the molecule is CC(C)(C)OC(=O)NC[C@@H]1C[C@H](CO)CN(C(=O)OCc2ccccc2)C1. The van der Waals surface area contributed by atoms with E-state index in [1.807, 2.05) is 30.3 Å². The molecule has 27 heavy (non-hydrogen) atoms. The van der Waals surface area contributed by atoms with Crippen molar-refractivity contribution in [3.63, 3.8) is 0 Å². The maximum absolute atomic E-state index is 12.4. The van der Waals surface area contributed by atoms with E-state index in [0.29, 0.717) is 19.6 Å². The molecule has 0 saturated carbocycles. The third-order valence-corrected chi connectivity index (χ3v) is 4.28. The van der Waals surface area contributed by atoms with Crippen LogP contribution in [0, 0.1) is 11.8 Å². The molecule has 2 N–H and O–H groups in total. The minimum absolute atomic E-state index is 0.00853. The average molecular weight is 378 g/mol. The summed E-state index contributed by atoms with van der Waals surface area (Å²) >= 11 is 0. The van der Waals surface area contributed by atoms with Crippen molar-refractivity contribution in [2.45, 2.75) is 39.4 Å². The van der Waals surface area contributed by atoms with Gasteiger partial charge in [0.25, 0.3) is 0 Å². The molecule has 2 rings (SSSR count). The molecule has 1 aliphatic rings. The number of alkyl carbamates (subject to hydrolysis) is 1. The van der Waals surface area contributed by atoms with Crippen molar-refractivity contribution >= 4 is 12.2 Å². The number of likely N-dealkylation sites (tertiary alicyclic amines) is 1. The van der Waals surface area contributed by atoms with Gasteiger partial charge >= 0.3 is 12.2 Å². The minimum Gasteiger partial charge on any atom is -0.445 e. The standard InChI is InChI=1S/C20H30N2O5/c1-20(2,3)27-18(24)21-10-16-9-17(13-23)12-22(11-16)19(25)26-14-15-7-5-4-6-8-15/h4-8,16-17,23H,9-14H2,1-3H3,(H,21,24)/t16-,17-/m0/s1. The second-order valence-corrected chi connectivity index (χ2v) is 7.98. The van der Waals surface area contributed by atoms with Crippen LogP contribution in [0.3, 0.4) is 0 Å². The monoisotopic (exact) mass is 378 g/mol. The van der Waals surface area contributed by atoms with Crippen LogP contribution in [0.5, 0.6) is 0 Å². The number of rotatable bonds is 5. The van der Waals surface area contributed by atoms with Crippen LogP contribution in [0.1, 0.15) is 32.8 Å². The number of carbonyl (C=O) groups excluding carboxylic acids is 2. The van der Waals surface area contributed by atoms with Crippen LogP contribution in [-0.2, 0) is 16.1 Å². The van der Waals surface area contributed by atoms with Gasteiger partial charge in [-0.2, -0.15) is 0 Å². The fraction of sp³-hybridized carbons (Fsp3) is 0.600. The molecule has 1 aromatic rings. The third kappa shape index (κ3) is 7.46. The zero-order chi connectivity index (χ0) is 19.9. The highest BCUT2D eigenvalue weighted by molar-refractivity contribution is 5.68. The Labute approximate surface area is 160 Å². The molecule has 2 atom stereocenters. The van der Waals surface area contributed by atoms with Crippen LogP contribution in [-0.4, -0.2) is 54.0 Å². The van der Waals surface area contributed by atoms with E-state index in [1.54, 1.807) is 25.7 Å². The lowest BCUT2D eigenvalue weighted by molar-refractivity contribution is 0.0428. The number of hydrogen-bond acceptors (Lipinski definition) is 5. The van der Waals surface area contributed by atoms with Crippen LogP contribution in [0.15, 0.2) is 30.3 Å². The molecule has 2 amide bonds. The van der Waals surface area contributed by atoms with Gasteiger partial charge in [0, 0.05) is 32.2 Å². The maximum atomic E-state index is 12.4. The van der Waals surface area contributed by atoms with E-state index in [2.05, 4.69) is 5.32 Å². The summed E-state index contributed by atoms with van der Waals surface area (Å²) in [5.41, 5.74) is 0.363. The molecule has 0 aromatic heterocycles. The molecule has 1 aliphatic heterocycles. The number of aliphatic hydroxyl groups is 1. The van der Waals surface area contributed by atoms with Crippen molar-refractivity contribution < 1.29 is 24.2 Å². The van der Waals surface area contributed by atoms with E-state index in [4.69, 9.17) is 9.47 Å². The molecule has 0 aliphatic carbocycles. The molecule has 1 heterocycles. The van der Waals surface area contributed by atoms with Crippen LogP contribution >= 0.6 is 0 Å². The van der Waals surface area contributed by atoms with E-state index >= 15 is 0 Å². The Bertz CT molecular complexity index is 615. The van der Waals surface area contributed by atoms with Crippen molar-refractivity contribution in [2.75, 3.05) is 26.2 Å². The predicted octanol–water partition coefficient (Wildman–Crippen LogP) is 2.78. The minimum atomic E-state index is -0.558. The second-order valence-electron chi connectivity index (χ2n) is 7.98. The lowest BCUT2D eigenvalue weighted by Gasteiger charge is -2.36. The smallest absolute Gasteiger partial charge is 0.410 e. The summed E-state index contributed by atoms with van der Waals surface area (Å²) in [4.78, 5) is 25.9. The Hall–Kier alpha value is -2.28. The van der Waals surface area contributed by atoms with Gasteiger partial charge in [-0.05, 0) is 38.7 Å². The number of carbonyl (C=O) groups is 2. The normalized spacial score (nSPS) is 20.1. The highest BCUT2D eigenvalue weighted by Crippen LogP contribution is 2.22. The summed E-state index contributed by atoms with van der Waals surface area (Å²) in [5.74, 6) is 0.00107. The molecule has 1 aromatic carbocycles. The fourth-order valence-electron chi connectivity index (χ4n) is 3.10. The van der Waals surface area contributed by atoms with Crippen molar-refractivity contribution in [1.29, 1.82) is 0 Å². The molecule has 7 heteroatoms. The second kappa shape index (κ2) is 9.60. The molecule has 1 fully saturated rings. The lowest BCUT2D eigenvalue weighted by Crippen LogP contribution is -2.48. The average Bonchev–Trinajstić information content (AvgIpc) is 2.63. The first-order valence-electron chi connectivity index (χ1n) is 9.30. The molecular weight excluding hydrogens is 348 g/mol. The zero-order valence-corrected chi connectivity index (χ0v) is 16.3. The molecule has 0 radical (unpaired) electrons. The van der Waals surface area contributed by atoms with E-state index in [1.165, 1.54) is 0 Å². The highest BCUT2D eigenvalue weighted by atomic mass is 16.6. The Morgan fingerprint density at radius 1 is 1.19 bits per heavy atom. The number of hydrogen-bond donors (Lipinski definition) is 2. The van der Waals surface area contributed by atoms with Gasteiger partial charge in [-0.25, -0.2) is 9.59 Å². The number of amides is 2. The van der Waals surface area contributed by atoms with Gasteiger partial charge in [0.2, 0.25) is 0 Å². The molecule has 150 valence electrons. The van der Waals surface area contributed by atoms with Gasteiger partial charge in [0.1, 0.15) is 12.2 Å². The maximum Gasteiger partial charge on any atom is 0.410 e. The van der Waals surface area contributed by atoms with Gasteiger partial charge in [0.05, 0.1) is 0 Å². The highest BCUT2D eigenvalue weighted by Gasteiger charge is 2.31. The first-order valence-corrected chi connectivity index (χ1v) is 9.30. The molecule has 0 spiro atoms. The van der Waals surface area contributed by atoms with Crippen molar-refractivity contribution in [3.8, 4) is 0 Å². The van der Waals surface area contributed by atoms with Crippen LogP contribution in [0.2, 0.25) is 0 Å². The summed E-state index contributed by atoms with van der Waals surface area (Å²) < 4.78 is 10.6. The summed E-state index contributed by atoms with van der Waals surface area (Å²) in [6.45, 7) is 6.92. The summed E-state index contributed by atoms with van der Waals surface area (Å²) in [5, 5.41) is 12.3. The number of piperidine rings is 1. The summed E-state index contributed by atoms with van der Waals surface area (Å²) in [6, 6.07) is 9.49. The third-order valence-electron chi connectivity index (χ3n) is 4.28. The number of nitrogens with zero attached hydrogens (tertiary/aromatic N) is 1. The number of benzene rings is 1. The molecule has 1 saturated heterocycles. The Balaban J connectivity index is 1.85. The molecule has 7 nitrogen and oxygen atoms in total. The molecular formula is C20H30N2O5. The van der Waals surface area contributed by atoms with E-state index in [9.17, 15) is 14.7 Å². The van der Waals surface area contributed by atoms with Gasteiger partial charge in [-0.3, -0.25) is 0 Å². The van der Waals surface area contributed by atoms with E-state index in [0.717, 1.165) is 12.0 Å². The Morgan fingerprint density at radius 3 is 2.48 bits per heavy atom. The van der Waals surface area contributed by atoms with E-state index in [-0.39, 0.29) is 25.0 Å². The number of ether oxygens (including phenoxy) is 2.